The van der Waals surface area contributed by atoms with E-state index in [4.69, 9.17) is 9.72 Å². The van der Waals surface area contributed by atoms with Crippen molar-refractivity contribution in [1.82, 2.24) is 19.4 Å². The zero-order chi connectivity index (χ0) is 25.6. The van der Waals surface area contributed by atoms with Crippen LogP contribution in [-0.4, -0.2) is 46.1 Å². The Hall–Kier alpha value is -2.04. The van der Waals surface area contributed by atoms with Gasteiger partial charge < -0.3 is 9.64 Å². The van der Waals surface area contributed by atoms with E-state index in [1.54, 1.807) is 0 Å². The molecule has 6 nitrogen and oxygen atoms in total. The number of carbonyl (C=O) groups is 1. The van der Waals surface area contributed by atoms with Gasteiger partial charge in [0.15, 0.2) is 5.82 Å². The number of benzene rings is 1. The van der Waals surface area contributed by atoms with E-state index in [1.807, 2.05) is 30.2 Å². The first-order valence-corrected chi connectivity index (χ1v) is 17.6. The van der Waals surface area contributed by atoms with Crippen LogP contribution < -0.4 is 0 Å². The number of ether oxygens (including phenoxy) is 1. The molecule has 2 aromatic heterocycles. The van der Waals surface area contributed by atoms with Crippen molar-refractivity contribution < 1.29 is 9.53 Å². The molecule has 3 aromatic rings. The number of halogens is 1. The second-order valence-electron chi connectivity index (χ2n) is 11.4. The van der Waals surface area contributed by atoms with Crippen molar-refractivity contribution in [3.63, 3.8) is 0 Å². The Bertz CT molecular complexity index is 1300. The molecule has 36 heavy (non-hydrogen) atoms. The molecule has 0 radical (unpaired) electrons. The fourth-order valence-corrected chi connectivity index (χ4v) is 6.06. The van der Waals surface area contributed by atoms with Gasteiger partial charge in [-0.25, -0.2) is 4.98 Å². The summed E-state index contributed by atoms with van der Waals surface area (Å²) in [6.45, 7) is 13.2. The number of carbonyl (C=O) groups excluding carboxylic acids is 1. The summed E-state index contributed by atoms with van der Waals surface area (Å²) in [5, 5.41) is 0. The second kappa shape index (κ2) is 10.0. The monoisotopic (exact) mass is 614 g/mol. The molecule has 1 atom stereocenters. The van der Waals surface area contributed by atoms with Crippen LogP contribution >= 0.6 is 22.6 Å². The Morgan fingerprint density at radius 1 is 1.17 bits per heavy atom. The van der Waals surface area contributed by atoms with E-state index in [1.165, 1.54) is 12.8 Å². The Morgan fingerprint density at radius 3 is 2.64 bits per heavy atom. The number of rotatable bonds is 9. The van der Waals surface area contributed by atoms with Gasteiger partial charge in [-0.15, -0.1) is 0 Å². The molecule has 190 valence electrons. The summed E-state index contributed by atoms with van der Waals surface area (Å²) < 4.78 is 9.26. The van der Waals surface area contributed by atoms with Crippen LogP contribution in [0.15, 0.2) is 36.5 Å². The van der Waals surface area contributed by atoms with E-state index in [9.17, 15) is 4.79 Å². The maximum atomic E-state index is 13.0. The van der Waals surface area contributed by atoms with Crippen LogP contribution in [0.5, 0.6) is 0 Å². The van der Waals surface area contributed by atoms with Crippen molar-refractivity contribution in [1.29, 1.82) is 0 Å². The summed E-state index contributed by atoms with van der Waals surface area (Å²) in [6, 6.07) is 11.8. The molecular formula is C28H35IN4O2Si. The zero-order valence-electron chi connectivity index (χ0n) is 21.8. The Balaban J connectivity index is 1.38. The number of imidazole rings is 1. The maximum Gasteiger partial charge on any atom is 0.254 e. The minimum Gasteiger partial charge on any atom is -0.361 e. The number of aromatic nitrogens is 3. The van der Waals surface area contributed by atoms with Crippen molar-refractivity contribution in [3.8, 4) is 22.6 Å². The third-order valence-corrected chi connectivity index (χ3v) is 10.4. The molecular weight excluding hydrogens is 579 g/mol. The lowest BCUT2D eigenvalue weighted by molar-refractivity contribution is 0.0697. The number of hydrogen-bond donors (Lipinski definition) is 0. The molecule has 0 spiro atoms. The van der Waals surface area contributed by atoms with Crippen LogP contribution in [0.4, 0.5) is 0 Å². The number of fused-ring (bicyclic) bond motifs is 1. The van der Waals surface area contributed by atoms with Gasteiger partial charge in [0.1, 0.15) is 16.1 Å². The average molecular weight is 615 g/mol. The molecule has 0 saturated heterocycles. The molecule has 1 amide bonds. The van der Waals surface area contributed by atoms with Crippen LogP contribution in [0, 0.1) is 16.5 Å². The molecule has 5 rings (SSSR count). The van der Waals surface area contributed by atoms with Crippen molar-refractivity contribution in [2.24, 2.45) is 5.92 Å². The molecule has 1 aromatic carbocycles. The third-order valence-electron chi connectivity index (χ3n) is 7.34. The fourth-order valence-electron chi connectivity index (χ4n) is 4.82. The van der Waals surface area contributed by atoms with E-state index < -0.39 is 8.07 Å². The summed E-state index contributed by atoms with van der Waals surface area (Å²) in [5.74, 6) is 1.67. The van der Waals surface area contributed by atoms with Crippen molar-refractivity contribution in [3.05, 3.63) is 57.1 Å². The van der Waals surface area contributed by atoms with Gasteiger partial charge in [-0.05, 0) is 102 Å². The lowest BCUT2D eigenvalue weighted by Gasteiger charge is -2.23. The standard InChI is InChI=1S/C28H35IN4O2Si/c1-18-26(29)33(17-35-12-13-36(3,4)5)27(31-18)25-15-22(10-11-30-25)21-8-9-24-23(14-21)16-32(28(24)34)19(2)20-6-7-20/h8-11,14-15,19-20H,6-7,12-13,16-17H2,1-5H3/t19-/m0/s1. The molecule has 8 heteroatoms. The first kappa shape index (κ1) is 25.6. The molecule has 1 fully saturated rings. The van der Waals surface area contributed by atoms with E-state index in [0.29, 0.717) is 25.2 Å². The van der Waals surface area contributed by atoms with Gasteiger partial charge in [0.25, 0.3) is 5.91 Å². The van der Waals surface area contributed by atoms with Crippen molar-refractivity contribution in [2.45, 2.75) is 71.7 Å². The summed E-state index contributed by atoms with van der Waals surface area (Å²) in [4.78, 5) is 24.5. The first-order chi connectivity index (χ1) is 17.1. The predicted octanol–water partition coefficient (Wildman–Crippen LogP) is 6.59. The highest BCUT2D eigenvalue weighted by Gasteiger charge is 2.38. The van der Waals surface area contributed by atoms with E-state index >= 15 is 0 Å². The van der Waals surface area contributed by atoms with Crippen LogP contribution in [-0.2, 0) is 18.0 Å². The predicted molar refractivity (Wildman–Crippen MR) is 155 cm³/mol. The topological polar surface area (TPSA) is 60.2 Å². The molecule has 0 bridgehead atoms. The molecule has 1 aliphatic heterocycles. The molecule has 1 saturated carbocycles. The van der Waals surface area contributed by atoms with Gasteiger partial charge in [-0.3, -0.25) is 14.3 Å². The first-order valence-electron chi connectivity index (χ1n) is 12.8. The van der Waals surface area contributed by atoms with Crippen LogP contribution in [0.25, 0.3) is 22.6 Å². The third kappa shape index (κ3) is 5.31. The van der Waals surface area contributed by atoms with E-state index in [-0.39, 0.29) is 5.91 Å². The minimum atomic E-state index is -1.14. The molecule has 1 aliphatic carbocycles. The Labute approximate surface area is 228 Å². The average Bonchev–Trinajstić information content (AvgIpc) is 3.59. The lowest BCUT2D eigenvalue weighted by atomic mass is 10.0. The SMILES string of the molecule is Cc1nc(-c2cc(-c3ccc4c(c3)CN([C@@H](C)C3CC3)C4=O)ccn2)n(COCC[Si](C)(C)C)c1I. The van der Waals surface area contributed by atoms with Gasteiger partial charge in [0.2, 0.25) is 0 Å². The number of hydrogen-bond acceptors (Lipinski definition) is 4. The Kier molecular flexibility index (Phi) is 7.13. The van der Waals surface area contributed by atoms with Gasteiger partial charge >= 0.3 is 0 Å². The van der Waals surface area contributed by atoms with Gasteiger partial charge in [0.05, 0.1) is 5.69 Å². The van der Waals surface area contributed by atoms with Gasteiger partial charge in [0, 0.05) is 39.0 Å². The van der Waals surface area contributed by atoms with Crippen LogP contribution in [0.3, 0.4) is 0 Å². The largest absolute Gasteiger partial charge is 0.361 e. The summed E-state index contributed by atoms with van der Waals surface area (Å²) in [5.41, 5.74) is 5.94. The number of nitrogens with zero attached hydrogens (tertiary/aromatic N) is 4. The smallest absolute Gasteiger partial charge is 0.254 e. The lowest BCUT2D eigenvalue weighted by Crippen LogP contribution is -2.34. The van der Waals surface area contributed by atoms with Crippen LogP contribution in [0.1, 0.15) is 41.4 Å². The quantitative estimate of drug-likeness (QED) is 0.155. The van der Waals surface area contributed by atoms with E-state index in [0.717, 1.165) is 55.8 Å². The maximum absolute atomic E-state index is 13.0. The highest BCUT2D eigenvalue weighted by Crippen LogP contribution is 2.39. The highest BCUT2D eigenvalue weighted by molar-refractivity contribution is 14.1. The normalized spacial score (nSPS) is 16.5. The van der Waals surface area contributed by atoms with Gasteiger partial charge in [-0.2, -0.15) is 0 Å². The molecule has 0 N–H and O–H groups in total. The summed E-state index contributed by atoms with van der Waals surface area (Å²) in [7, 11) is -1.14. The highest BCUT2D eigenvalue weighted by atomic mass is 127. The zero-order valence-corrected chi connectivity index (χ0v) is 25.0. The van der Waals surface area contributed by atoms with Crippen molar-refractivity contribution in [2.75, 3.05) is 6.61 Å². The summed E-state index contributed by atoms with van der Waals surface area (Å²) >= 11 is 2.34. The fraction of sp³-hybridized carbons (Fsp3) is 0.464. The summed E-state index contributed by atoms with van der Waals surface area (Å²) in [6.07, 6.45) is 4.32. The molecule has 3 heterocycles. The molecule has 2 aliphatic rings. The number of aryl methyl sites for hydroxylation is 1. The Morgan fingerprint density at radius 2 is 1.92 bits per heavy atom. The number of pyridine rings is 1. The van der Waals surface area contributed by atoms with Gasteiger partial charge in [-0.1, -0.05) is 25.7 Å². The van der Waals surface area contributed by atoms with Crippen molar-refractivity contribution >= 4 is 36.6 Å². The van der Waals surface area contributed by atoms with Crippen LogP contribution in [0.2, 0.25) is 25.7 Å². The number of amides is 1. The second-order valence-corrected chi connectivity index (χ2v) is 18.0. The van der Waals surface area contributed by atoms with E-state index in [2.05, 4.69) is 76.9 Å². The minimum absolute atomic E-state index is 0.174. The molecule has 0 unspecified atom stereocenters.